The van der Waals surface area contributed by atoms with Crippen LogP contribution in [0.2, 0.25) is 0 Å². The summed E-state index contributed by atoms with van der Waals surface area (Å²) in [4.78, 5) is 22.3. The predicted molar refractivity (Wildman–Crippen MR) is 64.5 cm³/mol. The fourth-order valence-electron chi connectivity index (χ4n) is 1.43. The zero-order valence-corrected chi connectivity index (χ0v) is 10.1. The number of benzene rings is 1. The van der Waals surface area contributed by atoms with E-state index in [0.29, 0.717) is 16.1 Å². The van der Waals surface area contributed by atoms with Crippen molar-refractivity contribution in [1.82, 2.24) is 4.37 Å². The summed E-state index contributed by atoms with van der Waals surface area (Å²) in [5.74, 6) is -2.25. The number of rotatable bonds is 3. The standard InChI is InChI=1S/C12H8FNO3S/c1-6(15)11-5-10(14-18-11)7-2-3-8(12(16)17)9(13)4-7/h2-5H,1H3,(H,16,17). The molecule has 0 spiro atoms. The van der Waals surface area contributed by atoms with Crippen LogP contribution in [0.4, 0.5) is 4.39 Å². The van der Waals surface area contributed by atoms with Gasteiger partial charge in [-0.05, 0) is 29.7 Å². The Morgan fingerprint density at radius 2 is 2.06 bits per heavy atom. The molecule has 0 aliphatic heterocycles. The fraction of sp³-hybridized carbons (Fsp3) is 0.0833. The van der Waals surface area contributed by atoms with Crippen LogP contribution >= 0.6 is 11.5 Å². The molecule has 0 bridgehead atoms. The minimum atomic E-state index is -1.32. The van der Waals surface area contributed by atoms with E-state index in [0.717, 1.165) is 17.6 Å². The lowest BCUT2D eigenvalue weighted by atomic mass is 10.1. The Morgan fingerprint density at radius 3 is 2.56 bits per heavy atom. The first kappa shape index (κ1) is 12.4. The van der Waals surface area contributed by atoms with E-state index in [1.54, 1.807) is 6.07 Å². The maximum atomic E-state index is 13.5. The summed E-state index contributed by atoms with van der Waals surface area (Å²) in [5.41, 5.74) is 0.517. The van der Waals surface area contributed by atoms with Crippen molar-refractivity contribution in [2.75, 3.05) is 0 Å². The van der Waals surface area contributed by atoms with Crippen molar-refractivity contribution in [3.8, 4) is 11.3 Å². The third-order valence-electron chi connectivity index (χ3n) is 2.35. The molecule has 1 aromatic heterocycles. The van der Waals surface area contributed by atoms with E-state index in [2.05, 4.69) is 4.37 Å². The van der Waals surface area contributed by atoms with Gasteiger partial charge in [-0.25, -0.2) is 9.18 Å². The summed E-state index contributed by atoms with van der Waals surface area (Å²) in [6, 6.07) is 5.30. The van der Waals surface area contributed by atoms with E-state index in [1.165, 1.54) is 19.1 Å². The lowest BCUT2D eigenvalue weighted by Gasteiger charge is -2.00. The molecule has 6 heteroatoms. The average molecular weight is 265 g/mol. The van der Waals surface area contributed by atoms with Crippen LogP contribution in [-0.2, 0) is 0 Å². The van der Waals surface area contributed by atoms with Gasteiger partial charge in [0.1, 0.15) is 5.82 Å². The minimum Gasteiger partial charge on any atom is -0.478 e. The highest BCUT2D eigenvalue weighted by molar-refractivity contribution is 7.08. The second-order valence-electron chi connectivity index (χ2n) is 3.63. The Labute approximate surface area is 106 Å². The summed E-state index contributed by atoms with van der Waals surface area (Å²) in [5, 5.41) is 8.71. The second kappa shape index (κ2) is 4.66. The summed E-state index contributed by atoms with van der Waals surface area (Å²) < 4.78 is 17.5. The van der Waals surface area contributed by atoms with Crippen LogP contribution < -0.4 is 0 Å². The van der Waals surface area contributed by atoms with Gasteiger partial charge in [0.2, 0.25) is 0 Å². The van der Waals surface area contributed by atoms with Crippen molar-refractivity contribution in [3.05, 3.63) is 40.5 Å². The van der Waals surface area contributed by atoms with Crippen LogP contribution in [0.5, 0.6) is 0 Å². The van der Waals surface area contributed by atoms with Gasteiger partial charge in [0.05, 0.1) is 16.1 Å². The Hall–Kier alpha value is -2.08. The molecule has 0 aliphatic rings. The molecule has 2 rings (SSSR count). The van der Waals surface area contributed by atoms with E-state index in [4.69, 9.17) is 5.11 Å². The number of hydrogen-bond donors (Lipinski definition) is 1. The lowest BCUT2D eigenvalue weighted by Crippen LogP contribution is -2.00. The molecule has 1 aromatic carbocycles. The summed E-state index contributed by atoms with van der Waals surface area (Å²) in [6.45, 7) is 1.42. The third-order valence-corrected chi connectivity index (χ3v) is 3.24. The van der Waals surface area contributed by atoms with E-state index in [9.17, 15) is 14.0 Å². The largest absolute Gasteiger partial charge is 0.478 e. The molecule has 0 radical (unpaired) electrons. The van der Waals surface area contributed by atoms with E-state index in [1.807, 2.05) is 0 Å². The summed E-state index contributed by atoms with van der Waals surface area (Å²) in [6.07, 6.45) is 0. The minimum absolute atomic E-state index is 0.110. The molecule has 92 valence electrons. The SMILES string of the molecule is CC(=O)c1cc(-c2ccc(C(=O)O)c(F)c2)ns1. The molecule has 1 heterocycles. The van der Waals surface area contributed by atoms with Gasteiger partial charge in [0, 0.05) is 12.5 Å². The molecule has 0 amide bonds. The molecule has 0 aliphatic carbocycles. The van der Waals surface area contributed by atoms with Crippen LogP contribution in [-0.4, -0.2) is 21.2 Å². The number of carboxylic acid groups (broad SMARTS) is 1. The molecule has 0 atom stereocenters. The molecule has 0 unspecified atom stereocenters. The predicted octanol–water partition coefficient (Wildman–Crippen LogP) is 2.85. The number of aromatic carboxylic acids is 1. The maximum Gasteiger partial charge on any atom is 0.338 e. The third kappa shape index (κ3) is 2.28. The number of halogens is 1. The van der Waals surface area contributed by atoms with Gasteiger partial charge in [-0.2, -0.15) is 4.37 Å². The van der Waals surface area contributed by atoms with Crippen LogP contribution in [0.1, 0.15) is 27.0 Å². The Morgan fingerprint density at radius 1 is 1.33 bits per heavy atom. The highest BCUT2D eigenvalue weighted by Gasteiger charge is 2.13. The number of carboxylic acids is 1. The molecule has 4 nitrogen and oxygen atoms in total. The van der Waals surface area contributed by atoms with Gasteiger partial charge < -0.3 is 5.11 Å². The van der Waals surface area contributed by atoms with Crippen LogP contribution in [0, 0.1) is 5.82 Å². The average Bonchev–Trinajstić information content (AvgIpc) is 2.77. The van der Waals surface area contributed by atoms with E-state index in [-0.39, 0.29) is 11.3 Å². The Kier molecular flexibility index (Phi) is 3.20. The van der Waals surface area contributed by atoms with Crippen molar-refractivity contribution < 1.29 is 19.1 Å². The lowest BCUT2D eigenvalue weighted by molar-refractivity contribution is 0.0691. The zero-order valence-electron chi connectivity index (χ0n) is 9.31. The number of Topliss-reactive ketones (excluding diaryl/α,β-unsaturated/α-hetero) is 1. The number of carbonyl (C=O) groups is 2. The van der Waals surface area contributed by atoms with Gasteiger partial charge >= 0.3 is 5.97 Å². The summed E-state index contributed by atoms with van der Waals surface area (Å²) in [7, 11) is 0. The van der Waals surface area contributed by atoms with Crippen molar-refractivity contribution in [1.29, 1.82) is 0 Å². The summed E-state index contributed by atoms with van der Waals surface area (Å²) >= 11 is 1.03. The number of ketones is 1. The second-order valence-corrected chi connectivity index (χ2v) is 4.44. The fourth-order valence-corrected chi connectivity index (χ4v) is 2.07. The van der Waals surface area contributed by atoms with Crippen molar-refractivity contribution in [2.45, 2.75) is 6.92 Å². The van der Waals surface area contributed by atoms with Crippen LogP contribution in [0.25, 0.3) is 11.3 Å². The van der Waals surface area contributed by atoms with E-state index < -0.39 is 11.8 Å². The van der Waals surface area contributed by atoms with Crippen molar-refractivity contribution in [3.63, 3.8) is 0 Å². The van der Waals surface area contributed by atoms with E-state index >= 15 is 0 Å². The Bertz CT molecular complexity index is 636. The van der Waals surface area contributed by atoms with Gasteiger partial charge in [-0.3, -0.25) is 4.79 Å². The van der Waals surface area contributed by atoms with Crippen LogP contribution in [0.3, 0.4) is 0 Å². The van der Waals surface area contributed by atoms with Gasteiger partial charge in [-0.15, -0.1) is 0 Å². The topological polar surface area (TPSA) is 67.3 Å². The van der Waals surface area contributed by atoms with Gasteiger partial charge in [0.15, 0.2) is 5.78 Å². The highest BCUT2D eigenvalue weighted by Crippen LogP contribution is 2.24. The first-order valence-electron chi connectivity index (χ1n) is 5.00. The zero-order chi connectivity index (χ0) is 13.3. The first-order chi connectivity index (χ1) is 8.49. The number of nitrogens with zero attached hydrogens (tertiary/aromatic N) is 1. The molecule has 1 N–H and O–H groups in total. The van der Waals surface area contributed by atoms with Crippen LogP contribution in [0.15, 0.2) is 24.3 Å². The van der Waals surface area contributed by atoms with Gasteiger partial charge in [-0.1, -0.05) is 6.07 Å². The maximum absolute atomic E-state index is 13.5. The van der Waals surface area contributed by atoms with Crippen molar-refractivity contribution >= 4 is 23.3 Å². The molecular formula is C12H8FNO3S. The smallest absolute Gasteiger partial charge is 0.338 e. The molecule has 2 aromatic rings. The van der Waals surface area contributed by atoms with Crippen molar-refractivity contribution in [2.24, 2.45) is 0 Å². The van der Waals surface area contributed by atoms with Gasteiger partial charge in [0.25, 0.3) is 0 Å². The molecule has 0 saturated heterocycles. The number of hydrogen-bond acceptors (Lipinski definition) is 4. The molecular weight excluding hydrogens is 257 g/mol. The number of carbonyl (C=O) groups excluding carboxylic acids is 1. The highest BCUT2D eigenvalue weighted by atomic mass is 32.1. The first-order valence-corrected chi connectivity index (χ1v) is 5.77. The Balaban J connectivity index is 2.42. The normalized spacial score (nSPS) is 10.3. The molecule has 0 fully saturated rings. The molecule has 0 saturated carbocycles. The monoisotopic (exact) mass is 265 g/mol. The molecule has 18 heavy (non-hydrogen) atoms. The number of aromatic nitrogens is 1. The quantitative estimate of drug-likeness (QED) is 0.866.